The predicted molar refractivity (Wildman–Crippen MR) is 131 cm³/mol. The maximum Gasteiger partial charge on any atom is 0.334 e. The Morgan fingerprint density at radius 1 is 1.00 bits per heavy atom. The number of H-pyrrole nitrogens is 1. The van der Waals surface area contributed by atoms with E-state index in [0.717, 1.165) is 40.9 Å². The van der Waals surface area contributed by atoms with Gasteiger partial charge in [-0.25, -0.2) is 4.79 Å². The number of halogens is 1. The van der Waals surface area contributed by atoms with Crippen molar-refractivity contribution in [3.8, 4) is 28.3 Å². The van der Waals surface area contributed by atoms with Crippen molar-refractivity contribution in [2.24, 2.45) is 0 Å². The molecule has 0 aliphatic rings. The Balaban J connectivity index is 1.50. The van der Waals surface area contributed by atoms with Crippen LogP contribution in [0.1, 0.15) is 24.6 Å². The first kappa shape index (κ1) is 21.8. The zero-order valence-corrected chi connectivity index (χ0v) is 19.3. The van der Waals surface area contributed by atoms with E-state index in [1.54, 1.807) is 15.3 Å². The van der Waals surface area contributed by atoms with Crippen LogP contribution < -0.4 is 5.69 Å². The highest BCUT2D eigenvalue weighted by Gasteiger charge is 2.19. The van der Waals surface area contributed by atoms with Gasteiger partial charge in [-0.05, 0) is 41.0 Å². The summed E-state index contributed by atoms with van der Waals surface area (Å²) in [5, 5.41) is 14.7. The zero-order valence-electron chi connectivity index (χ0n) is 18.5. The number of benzene rings is 2. The van der Waals surface area contributed by atoms with Crippen LogP contribution in [0.3, 0.4) is 0 Å². The summed E-state index contributed by atoms with van der Waals surface area (Å²) in [5.74, 6) is 0.437. The normalized spacial score (nSPS) is 11.1. The maximum atomic E-state index is 13.4. The second-order valence-electron chi connectivity index (χ2n) is 7.86. The summed E-state index contributed by atoms with van der Waals surface area (Å²) in [5.41, 5.74) is 4.97. The van der Waals surface area contributed by atoms with Crippen molar-refractivity contribution in [1.29, 1.82) is 0 Å². The van der Waals surface area contributed by atoms with Gasteiger partial charge in [-0.15, -0.1) is 10.2 Å². The molecule has 0 saturated heterocycles. The van der Waals surface area contributed by atoms with Gasteiger partial charge in [0, 0.05) is 11.8 Å². The molecule has 0 amide bonds. The summed E-state index contributed by atoms with van der Waals surface area (Å²) in [6, 6.07) is 21.4. The highest BCUT2D eigenvalue weighted by Crippen LogP contribution is 2.28. The number of pyridine rings is 1. The van der Waals surface area contributed by atoms with Gasteiger partial charge in [-0.1, -0.05) is 73.5 Å². The fourth-order valence-corrected chi connectivity index (χ4v) is 4.42. The number of nitrogens with one attached hydrogen (secondary N) is 1. The molecule has 3 heterocycles. The van der Waals surface area contributed by atoms with E-state index < -0.39 is 0 Å². The minimum absolute atomic E-state index is 0.143. The first-order chi connectivity index (χ1) is 16.7. The van der Waals surface area contributed by atoms with Crippen LogP contribution in [0.5, 0.6) is 0 Å². The van der Waals surface area contributed by atoms with E-state index in [9.17, 15) is 4.79 Å². The number of imidazole rings is 1. The lowest BCUT2D eigenvalue weighted by molar-refractivity contribution is 0.691. The van der Waals surface area contributed by atoms with E-state index in [1.165, 1.54) is 0 Å². The third kappa shape index (κ3) is 4.04. The molecule has 5 aromatic rings. The first-order valence-electron chi connectivity index (χ1n) is 11.0. The molecule has 0 saturated carbocycles. The van der Waals surface area contributed by atoms with Gasteiger partial charge in [0.15, 0.2) is 0 Å². The van der Waals surface area contributed by atoms with E-state index in [1.807, 2.05) is 66.7 Å². The molecule has 0 radical (unpaired) electrons. The number of aromatic amines is 1. The quantitative estimate of drug-likeness (QED) is 0.376. The van der Waals surface area contributed by atoms with Gasteiger partial charge in [-0.3, -0.25) is 14.1 Å². The van der Waals surface area contributed by atoms with Crippen molar-refractivity contribution in [2.75, 3.05) is 0 Å². The molecule has 5 rings (SSSR count). The maximum absolute atomic E-state index is 13.4. The number of rotatable bonds is 7. The molecule has 34 heavy (non-hydrogen) atoms. The number of nitrogens with zero attached hydrogens (tertiary/aromatic N) is 6. The Morgan fingerprint density at radius 2 is 1.79 bits per heavy atom. The van der Waals surface area contributed by atoms with Gasteiger partial charge < -0.3 is 0 Å². The summed E-state index contributed by atoms with van der Waals surface area (Å²) in [6.07, 6.45) is 3.30. The van der Waals surface area contributed by atoms with Crippen molar-refractivity contribution < 1.29 is 0 Å². The van der Waals surface area contributed by atoms with Crippen molar-refractivity contribution >= 4 is 11.6 Å². The highest BCUT2D eigenvalue weighted by atomic mass is 35.5. The lowest BCUT2D eigenvalue weighted by Gasteiger charge is -2.09. The second-order valence-corrected chi connectivity index (χ2v) is 8.22. The summed E-state index contributed by atoms with van der Waals surface area (Å²) in [4.78, 5) is 17.8. The van der Waals surface area contributed by atoms with E-state index in [0.29, 0.717) is 23.2 Å². The smallest absolute Gasteiger partial charge is 0.290 e. The van der Waals surface area contributed by atoms with Crippen LogP contribution in [0.25, 0.3) is 28.3 Å². The molecule has 1 N–H and O–H groups in total. The van der Waals surface area contributed by atoms with Crippen LogP contribution in [-0.4, -0.2) is 34.7 Å². The predicted octanol–water partition coefficient (Wildman–Crippen LogP) is 4.54. The largest absolute Gasteiger partial charge is 0.334 e. The van der Waals surface area contributed by atoms with Crippen LogP contribution in [0.4, 0.5) is 0 Å². The number of tetrazole rings is 1. The fraction of sp³-hybridized carbons (Fsp3) is 0.160. The minimum atomic E-state index is -0.143. The van der Waals surface area contributed by atoms with Crippen molar-refractivity contribution in [2.45, 2.75) is 26.3 Å². The molecule has 0 spiro atoms. The number of hydrogen-bond acceptors (Lipinski definition) is 5. The lowest BCUT2D eigenvalue weighted by atomic mass is 10.0. The SMILES string of the molecule is CCCc1c(Cl)n(-c2ccccc2)c(=O)n1Cc1ccc(-c2cccnc2-c2nn[nH]n2)cc1. The molecule has 0 aliphatic heterocycles. The first-order valence-corrected chi connectivity index (χ1v) is 11.4. The highest BCUT2D eigenvalue weighted by molar-refractivity contribution is 6.30. The Morgan fingerprint density at radius 3 is 2.50 bits per heavy atom. The van der Waals surface area contributed by atoms with Gasteiger partial charge in [0.25, 0.3) is 0 Å². The molecule has 0 aliphatic carbocycles. The Bertz CT molecular complexity index is 1460. The van der Waals surface area contributed by atoms with Crippen LogP contribution in [0.2, 0.25) is 5.15 Å². The molecule has 2 aromatic carbocycles. The van der Waals surface area contributed by atoms with Crippen LogP contribution in [-0.2, 0) is 13.0 Å². The molecule has 8 nitrogen and oxygen atoms in total. The Hall–Kier alpha value is -4.04. The molecule has 0 unspecified atom stereocenters. The number of hydrogen-bond donors (Lipinski definition) is 1. The van der Waals surface area contributed by atoms with Gasteiger partial charge in [-0.2, -0.15) is 5.21 Å². The molecule has 3 aromatic heterocycles. The van der Waals surface area contributed by atoms with Crippen molar-refractivity contribution in [3.05, 3.63) is 99.8 Å². The Kier molecular flexibility index (Phi) is 6.05. The van der Waals surface area contributed by atoms with Gasteiger partial charge in [0.1, 0.15) is 10.8 Å². The summed E-state index contributed by atoms with van der Waals surface area (Å²) in [7, 11) is 0. The topological polar surface area (TPSA) is 94.3 Å². The molecule has 170 valence electrons. The standard InChI is InChI=1S/C25H22ClN7O/c1-2-7-21-23(26)33(19-8-4-3-5-9-19)25(34)32(21)16-17-11-13-18(14-12-17)20-10-6-15-27-22(20)24-28-30-31-29-24/h3-6,8-15H,2,7,16H2,1H3,(H,28,29,30,31). The molecule has 0 fully saturated rings. The lowest BCUT2D eigenvalue weighted by Crippen LogP contribution is -2.24. The molecular formula is C25H22ClN7O. The molecule has 9 heteroatoms. The van der Waals surface area contributed by atoms with Crippen LogP contribution in [0.15, 0.2) is 77.7 Å². The fourth-order valence-electron chi connectivity index (χ4n) is 4.05. The summed E-state index contributed by atoms with van der Waals surface area (Å²) >= 11 is 6.70. The monoisotopic (exact) mass is 471 g/mol. The van der Waals surface area contributed by atoms with E-state index in [4.69, 9.17) is 11.6 Å². The van der Waals surface area contributed by atoms with Gasteiger partial charge in [0.05, 0.1) is 17.9 Å². The minimum Gasteiger partial charge on any atom is -0.290 e. The average Bonchev–Trinajstić information content (AvgIpc) is 3.49. The number of para-hydroxylation sites is 1. The van der Waals surface area contributed by atoms with Crippen molar-refractivity contribution in [1.82, 2.24) is 34.7 Å². The van der Waals surface area contributed by atoms with Crippen molar-refractivity contribution in [3.63, 3.8) is 0 Å². The number of aromatic nitrogens is 7. The van der Waals surface area contributed by atoms with Gasteiger partial charge >= 0.3 is 5.69 Å². The molecule has 0 atom stereocenters. The van der Waals surface area contributed by atoms with E-state index in [2.05, 4.69) is 32.5 Å². The Labute approximate surface area is 200 Å². The second kappa shape index (κ2) is 9.44. The summed E-state index contributed by atoms with van der Waals surface area (Å²) in [6.45, 7) is 2.51. The molecule has 0 bridgehead atoms. The van der Waals surface area contributed by atoms with Crippen LogP contribution >= 0.6 is 11.6 Å². The molecular weight excluding hydrogens is 450 g/mol. The average molecular weight is 472 g/mol. The third-order valence-electron chi connectivity index (χ3n) is 5.65. The van der Waals surface area contributed by atoms with Crippen LogP contribution in [0, 0.1) is 0 Å². The third-order valence-corrected chi connectivity index (χ3v) is 6.04. The van der Waals surface area contributed by atoms with E-state index >= 15 is 0 Å². The summed E-state index contributed by atoms with van der Waals surface area (Å²) < 4.78 is 3.34. The van der Waals surface area contributed by atoms with Gasteiger partial charge in [0.2, 0.25) is 5.82 Å². The zero-order chi connectivity index (χ0) is 23.5. The van der Waals surface area contributed by atoms with E-state index in [-0.39, 0.29) is 5.69 Å².